The lowest BCUT2D eigenvalue weighted by Crippen LogP contribution is -1.95. The maximum absolute atomic E-state index is 13.4. The number of rotatable bonds is 3. The monoisotopic (exact) mass is 269 g/mol. The molecule has 2 aromatic rings. The van der Waals surface area contributed by atoms with Crippen LogP contribution >= 0.6 is 23.4 Å². The third-order valence-corrected chi connectivity index (χ3v) is 3.34. The highest BCUT2D eigenvalue weighted by Gasteiger charge is 2.06. The fourth-order valence-electron chi connectivity index (χ4n) is 1.25. The molecule has 0 radical (unpaired) electrons. The first kappa shape index (κ1) is 12.1. The highest BCUT2D eigenvalue weighted by atomic mass is 35.5. The van der Waals surface area contributed by atoms with Gasteiger partial charge in [-0.3, -0.25) is 0 Å². The second-order valence-corrected chi connectivity index (χ2v) is 4.67. The van der Waals surface area contributed by atoms with E-state index in [4.69, 9.17) is 17.3 Å². The Morgan fingerprint density at radius 3 is 2.82 bits per heavy atom. The molecule has 2 N–H and O–H groups in total. The van der Waals surface area contributed by atoms with Crippen molar-refractivity contribution < 1.29 is 4.39 Å². The van der Waals surface area contributed by atoms with Crippen molar-refractivity contribution in [2.75, 3.05) is 5.73 Å². The van der Waals surface area contributed by atoms with E-state index < -0.39 is 0 Å². The van der Waals surface area contributed by atoms with Crippen LogP contribution in [0, 0.1) is 5.82 Å². The van der Waals surface area contributed by atoms with Crippen LogP contribution in [-0.2, 0) is 5.75 Å². The Bertz CT molecular complexity index is 536. The molecule has 17 heavy (non-hydrogen) atoms. The number of hydrogen-bond donors (Lipinski definition) is 1. The van der Waals surface area contributed by atoms with Gasteiger partial charge in [0.2, 0.25) is 0 Å². The number of halogens is 2. The molecule has 2 rings (SSSR count). The molecule has 1 aromatic heterocycles. The van der Waals surface area contributed by atoms with Crippen molar-refractivity contribution in [3.05, 3.63) is 47.0 Å². The number of aromatic nitrogens is 2. The molecule has 0 atom stereocenters. The quantitative estimate of drug-likeness (QED) is 0.870. The second-order valence-electron chi connectivity index (χ2n) is 3.27. The summed E-state index contributed by atoms with van der Waals surface area (Å²) in [5.74, 6) is 0.472. The predicted molar refractivity (Wildman–Crippen MR) is 67.4 cm³/mol. The Labute approximate surface area is 107 Å². The van der Waals surface area contributed by atoms with Crippen LogP contribution in [0.3, 0.4) is 0 Å². The predicted octanol–water partition coefficient (Wildman–Crippen LogP) is 3.14. The molecule has 0 aliphatic heterocycles. The maximum Gasteiger partial charge on any atom is 0.156 e. The minimum Gasteiger partial charge on any atom is -0.381 e. The average Bonchev–Trinajstić information content (AvgIpc) is 2.32. The summed E-state index contributed by atoms with van der Waals surface area (Å²) < 4.78 is 13.4. The lowest BCUT2D eigenvalue weighted by Gasteiger charge is -2.04. The van der Waals surface area contributed by atoms with Crippen molar-refractivity contribution in [2.45, 2.75) is 10.8 Å². The molecule has 1 heterocycles. The highest BCUT2D eigenvalue weighted by Crippen LogP contribution is 2.26. The lowest BCUT2D eigenvalue weighted by molar-refractivity contribution is 0.617. The molecule has 0 fully saturated rings. The van der Waals surface area contributed by atoms with Crippen molar-refractivity contribution in [2.24, 2.45) is 0 Å². The van der Waals surface area contributed by atoms with Gasteiger partial charge < -0.3 is 5.73 Å². The SMILES string of the molecule is Nc1nccnc1SCc1cc(Cl)ccc1F. The van der Waals surface area contributed by atoms with E-state index >= 15 is 0 Å². The van der Waals surface area contributed by atoms with Crippen LogP contribution in [0.5, 0.6) is 0 Å². The van der Waals surface area contributed by atoms with E-state index in [0.717, 1.165) is 0 Å². The molecule has 0 saturated heterocycles. The molecule has 0 aliphatic carbocycles. The van der Waals surface area contributed by atoms with E-state index in [1.807, 2.05) is 0 Å². The Kier molecular flexibility index (Phi) is 3.81. The van der Waals surface area contributed by atoms with Gasteiger partial charge in [-0.25, -0.2) is 14.4 Å². The van der Waals surface area contributed by atoms with E-state index in [2.05, 4.69) is 9.97 Å². The van der Waals surface area contributed by atoms with Crippen LogP contribution in [0.15, 0.2) is 35.6 Å². The second kappa shape index (κ2) is 5.33. The van der Waals surface area contributed by atoms with Crippen molar-refractivity contribution in [1.29, 1.82) is 0 Å². The molecule has 0 amide bonds. The first-order chi connectivity index (χ1) is 8.16. The fraction of sp³-hybridized carbons (Fsp3) is 0.0909. The van der Waals surface area contributed by atoms with Crippen LogP contribution in [0.1, 0.15) is 5.56 Å². The minimum atomic E-state index is -0.288. The summed E-state index contributed by atoms with van der Waals surface area (Å²) in [7, 11) is 0. The Balaban J connectivity index is 2.12. The summed E-state index contributed by atoms with van der Waals surface area (Å²) in [6, 6.07) is 4.45. The van der Waals surface area contributed by atoms with E-state index in [9.17, 15) is 4.39 Å². The number of nitrogens with zero attached hydrogens (tertiary/aromatic N) is 2. The molecular formula is C11H9ClFN3S. The van der Waals surface area contributed by atoms with Gasteiger partial charge in [0.25, 0.3) is 0 Å². The zero-order valence-electron chi connectivity index (χ0n) is 8.73. The van der Waals surface area contributed by atoms with Crippen molar-refractivity contribution >= 4 is 29.2 Å². The molecule has 3 nitrogen and oxygen atoms in total. The molecule has 88 valence electrons. The average molecular weight is 270 g/mol. The number of anilines is 1. The van der Waals surface area contributed by atoms with E-state index in [0.29, 0.717) is 27.2 Å². The van der Waals surface area contributed by atoms with Gasteiger partial charge in [-0.2, -0.15) is 0 Å². The summed E-state index contributed by atoms with van der Waals surface area (Å²) in [5, 5.41) is 1.10. The van der Waals surface area contributed by atoms with E-state index in [1.165, 1.54) is 30.1 Å². The maximum atomic E-state index is 13.4. The largest absolute Gasteiger partial charge is 0.381 e. The molecule has 0 unspecified atom stereocenters. The van der Waals surface area contributed by atoms with E-state index in [1.54, 1.807) is 12.3 Å². The number of hydrogen-bond acceptors (Lipinski definition) is 4. The fourth-order valence-corrected chi connectivity index (χ4v) is 2.29. The first-order valence-corrected chi connectivity index (χ1v) is 6.16. The number of nitrogens with two attached hydrogens (primary N) is 1. The zero-order valence-corrected chi connectivity index (χ0v) is 10.3. The molecule has 0 aliphatic rings. The van der Waals surface area contributed by atoms with Crippen LogP contribution in [0.2, 0.25) is 5.02 Å². The summed E-state index contributed by atoms with van der Waals surface area (Å²) in [6.07, 6.45) is 3.06. The topological polar surface area (TPSA) is 51.8 Å². The zero-order chi connectivity index (χ0) is 12.3. The number of benzene rings is 1. The van der Waals surface area contributed by atoms with Crippen molar-refractivity contribution in [1.82, 2.24) is 9.97 Å². The van der Waals surface area contributed by atoms with Crippen LogP contribution < -0.4 is 5.73 Å². The van der Waals surface area contributed by atoms with Crippen LogP contribution in [-0.4, -0.2) is 9.97 Å². The summed E-state index contributed by atoms with van der Waals surface area (Å²) in [5.41, 5.74) is 6.16. The van der Waals surface area contributed by atoms with Crippen LogP contribution in [0.25, 0.3) is 0 Å². The summed E-state index contributed by atoms with van der Waals surface area (Å²) in [4.78, 5) is 7.97. The first-order valence-electron chi connectivity index (χ1n) is 4.80. The van der Waals surface area contributed by atoms with Gasteiger partial charge in [-0.1, -0.05) is 23.4 Å². The molecule has 6 heteroatoms. The third kappa shape index (κ3) is 3.08. The van der Waals surface area contributed by atoms with E-state index in [-0.39, 0.29) is 5.82 Å². The standard InChI is InChI=1S/C11H9ClFN3S/c12-8-1-2-9(13)7(5-8)6-17-11-10(14)15-3-4-16-11/h1-5H,6H2,(H2,14,15). The molecule has 0 bridgehead atoms. The van der Waals surface area contributed by atoms with Gasteiger partial charge in [0.05, 0.1) is 0 Å². The van der Waals surface area contributed by atoms with Gasteiger partial charge in [-0.05, 0) is 23.8 Å². The number of thioether (sulfide) groups is 1. The van der Waals surface area contributed by atoms with Gasteiger partial charge in [0, 0.05) is 23.2 Å². The lowest BCUT2D eigenvalue weighted by atomic mass is 10.2. The highest BCUT2D eigenvalue weighted by molar-refractivity contribution is 7.98. The Morgan fingerprint density at radius 1 is 1.29 bits per heavy atom. The third-order valence-electron chi connectivity index (χ3n) is 2.06. The summed E-state index contributed by atoms with van der Waals surface area (Å²) in [6.45, 7) is 0. The molecule has 1 aromatic carbocycles. The van der Waals surface area contributed by atoms with Crippen molar-refractivity contribution in [3.8, 4) is 0 Å². The van der Waals surface area contributed by atoms with Crippen molar-refractivity contribution in [3.63, 3.8) is 0 Å². The van der Waals surface area contributed by atoms with Gasteiger partial charge in [-0.15, -0.1) is 0 Å². The summed E-state index contributed by atoms with van der Waals surface area (Å²) >= 11 is 7.13. The Morgan fingerprint density at radius 2 is 2.06 bits per heavy atom. The smallest absolute Gasteiger partial charge is 0.156 e. The van der Waals surface area contributed by atoms with Gasteiger partial charge in [0.15, 0.2) is 5.82 Å². The molecule has 0 spiro atoms. The number of nitrogen functional groups attached to an aromatic ring is 1. The normalized spacial score (nSPS) is 10.5. The minimum absolute atomic E-state index is 0.288. The van der Waals surface area contributed by atoms with Crippen LogP contribution in [0.4, 0.5) is 10.2 Å². The molecule has 0 saturated carbocycles. The van der Waals surface area contributed by atoms with Gasteiger partial charge in [0.1, 0.15) is 10.8 Å². The van der Waals surface area contributed by atoms with Gasteiger partial charge >= 0.3 is 0 Å². The molecular weight excluding hydrogens is 261 g/mol. The Hall–Kier alpha value is -1.33.